The summed E-state index contributed by atoms with van der Waals surface area (Å²) in [6.45, 7) is 1.07. The molecule has 1 aromatic heterocycles. The van der Waals surface area contributed by atoms with Crippen molar-refractivity contribution < 1.29 is 14.3 Å². The Kier molecular flexibility index (Phi) is 5.87. The Hall–Kier alpha value is -3.03. The number of aromatic amines is 1. The van der Waals surface area contributed by atoms with Crippen LogP contribution in [0.2, 0.25) is 0 Å². The van der Waals surface area contributed by atoms with E-state index in [0.29, 0.717) is 25.1 Å². The minimum Gasteiger partial charge on any atom is -0.489 e. The normalized spacial score (nSPS) is 15.6. The number of anilines is 1. The Morgan fingerprint density at radius 2 is 2.11 bits per heavy atom. The van der Waals surface area contributed by atoms with Crippen molar-refractivity contribution in [1.29, 1.82) is 0 Å². The van der Waals surface area contributed by atoms with Gasteiger partial charge in [-0.25, -0.2) is 0 Å². The van der Waals surface area contributed by atoms with Crippen molar-refractivity contribution in [3.05, 3.63) is 41.7 Å². The summed E-state index contributed by atoms with van der Waals surface area (Å²) in [6.07, 6.45) is 4.72. The number of likely N-dealkylation sites (N-methyl/N-ethyl adjacent to an activating group) is 2. The fraction of sp³-hybridized carbons (Fsp3) is 0.450. The highest BCUT2D eigenvalue weighted by molar-refractivity contribution is 5.95. The Morgan fingerprint density at radius 3 is 2.79 bits per heavy atom. The van der Waals surface area contributed by atoms with Gasteiger partial charge in [-0.3, -0.25) is 14.7 Å². The van der Waals surface area contributed by atoms with E-state index in [1.54, 1.807) is 36.2 Å². The monoisotopic (exact) mass is 385 g/mol. The van der Waals surface area contributed by atoms with Gasteiger partial charge in [0.25, 0.3) is 5.91 Å². The number of fused-ring (bicyclic) bond motifs is 1. The maximum atomic E-state index is 12.7. The molecule has 0 radical (unpaired) electrons. The third kappa shape index (κ3) is 4.27. The van der Waals surface area contributed by atoms with Crippen LogP contribution in [0.15, 0.2) is 30.6 Å². The minimum atomic E-state index is -0.0823. The van der Waals surface area contributed by atoms with E-state index in [2.05, 4.69) is 10.2 Å². The highest BCUT2D eigenvalue weighted by atomic mass is 16.5. The molecule has 1 N–H and O–H groups in total. The van der Waals surface area contributed by atoms with E-state index in [9.17, 15) is 9.59 Å². The first kappa shape index (κ1) is 19.7. The van der Waals surface area contributed by atoms with Crippen molar-refractivity contribution >= 4 is 17.5 Å². The van der Waals surface area contributed by atoms with Crippen LogP contribution in [0.5, 0.6) is 5.75 Å². The number of hydrogen-bond acceptors (Lipinski definition) is 5. The Bertz CT molecular complexity index is 834. The number of amides is 2. The third-order valence-electron chi connectivity index (χ3n) is 5.10. The molecule has 0 bridgehead atoms. The van der Waals surface area contributed by atoms with E-state index in [4.69, 9.17) is 4.74 Å². The van der Waals surface area contributed by atoms with Crippen LogP contribution in [0.4, 0.5) is 5.69 Å². The lowest BCUT2D eigenvalue weighted by atomic mass is 10.1. The molecule has 2 heterocycles. The fourth-order valence-corrected chi connectivity index (χ4v) is 3.19. The summed E-state index contributed by atoms with van der Waals surface area (Å²) in [7, 11) is 7.20. The average Bonchev–Trinajstić information content (AvgIpc) is 3.21. The van der Waals surface area contributed by atoms with Crippen molar-refractivity contribution in [1.82, 2.24) is 20.0 Å². The van der Waals surface area contributed by atoms with Gasteiger partial charge in [-0.2, -0.15) is 5.10 Å². The highest BCUT2D eigenvalue weighted by Crippen LogP contribution is 2.34. The number of aromatic nitrogens is 2. The largest absolute Gasteiger partial charge is 0.489 e. The van der Waals surface area contributed by atoms with E-state index in [-0.39, 0.29) is 17.9 Å². The standard InChI is InChI=1S/C20H27N5O3/c1-23(2)20(27)15-5-6-18-17(9-15)25(4)16(13-28-18)10-19(26)24(3)8-7-14-11-21-22-12-14/h5-6,9,11-12,16H,7-8,10,13H2,1-4H3,(H,21,22)/t16-/m1/s1. The molecule has 8 nitrogen and oxygen atoms in total. The molecule has 2 aromatic rings. The van der Waals surface area contributed by atoms with Gasteiger partial charge < -0.3 is 19.4 Å². The van der Waals surface area contributed by atoms with E-state index in [1.807, 2.05) is 37.3 Å². The van der Waals surface area contributed by atoms with Gasteiger partial charge in [0.1, 0.15) is 12.4 Å². The number of ether oxygens (including phenoxy) is 1. The number of rotatable bonds is 6. The van der Waals surface area contributed by atoms with E-state index >= 15 is 0 Å². The van der Waals surface area contributed by atoms with Crippen LogP contribution in [0.1, 0.15) is 22.3 Å². The van der Waals surface area contributed by atoms with E-state index in [0.717, 1.165) is 23.4 Å². The summed E-state index contributed by atoms with van der Waals surface area (Å²) < 4.78 is 5.85. The zero-order valence-electron chi connectivity index (χ0n) is 16.8. The lowest BCUT2D eigenvalue weighted by molar-refractivity contribution is -0.130. The summed E-state index contributed by atoms with van der Waals surface area (Å²) in [4.78, 5) is 30.2. The number of carbonyl (C=O) groups excluding carboxylic acids is 2. The topological polar surface area (TPSA) is 81.8 Å². The van der Waals surface area contributed by atoms with Gasteiger partial charge in [-0.15, -0.1) is 0 Å². The first-order chi connectivity index (χ1) is 13.4. The van der Waals surface area contributed by atoms with Gasteiger partial charge in [-0.1, -0.05) is 0 Å². The summed E-state index contributed by atoms with van der Waals surface area (Å²) >= 11 is 0. The molecule has 8 heteroatoms. The number of nitrogens with zero attached hydrogens (tertiary/aromatic N) is 4. The zero-order valence-corrected chi connectivity index (χ0v) is 16.8. The molecule has 3 rings (SSSR count). The van der Waals surface area contributed by atoms with Gasteiger partial charge >= 0.3 is 0 Å². The quantitative estimate of drug-likeness (QED) is 0.813. The van der Waals surface area contributed by atoms with Crippen LogP contribution >= 0.6 is 0 Å². The molecule has 0 fully saturated rings. The van der Waals surface area contributed by atoms with Crippen LogP contribution in [0.3, 0.4) is 0 Å². The van der Waals surface area contributed by atoms with Crippen molar-refractivity contribution in [3.8, 4) is 5.75 Å². The number of benzene rings is 1. The lowest BCUT2D eigenvalue weighted by Crippen LogP contribution is -2.44. The summed E-state index contributed by atoms with van der Waals surface area (Å²) in [5.41, 5.74) is 2.51. The fourth-order valence-electron chi connectivity index (χ4n) is 3.19. The molecule has 28 heavy (non-hydrogen) atoms. The molecular weight excluding hydrogens is 358 g/mol. The predicted octanol–water partition coefficient (Wildman–Crippen LogP) is 1.40. The van der Waals surface area contributed by atoms with Gasteiger partial charge in [0.05, 0.1) is 24.3 Å². The number of carbonyl (C=O) groups is 2. The molecule has 0 saturated heterocycles. The molecule has 0 unspecified atom stereocenters. The first-order valence-corrected chi connectivity index (χ1v) is 9.29. The van der Waals surface area contributed by atoms with E-state index < -0.39 is 0 Å². The van der Waals surface area contributed by atoms with Crippen molar-refractivity contribution in [2.45, 2.75) is 18.9 Å². The van der Waals surface area contributed by atoms with Crippen molar-refractivity contribution in [3.63, 3.8) is 0 Å². The molecule has 1 aliphatic heterocycles. The Labute approximate surface area is 165 Å². The van der Waals surface area contributed by atoms with Crippen molar-refractivity contribution in [2.75, 3.05) is 46.2 Å². The van der Waals surface area contributed by atoms with E-state index in [1.165, 1.54) is 0 Å². The summed E-state index contributed by atoms with van der Waals surface area (Å²) in [5.74, 6) is 0.733. The van der Waals surface area contributed by atoms with Crippen LogP contribution in [-0.2, 0) is 11.2 Å². The molecule has 0 spiro atoms. The highest BCUT2D eigenvalue weighted by Gasteiger charge is 2.28. The molecule has 0 saturated carbocycles. The SMILES string of the molecule is CN(C)C(=O)c1ccc2c(c1)N(C)[C@H](CC(=O)N(C)CCc1cn[nH]c1)CO2. The Balaban J connectivity index is 1.64. The zero-order chi connectivity index (χ0) is 20.3. The van der Waals surface area contributed by atoms with Gasteiger partial charge in [0.2, 0.25) is 5.91 Å². The van der Waals surface area contributed by atoms with Gasteiger partial charge in [-0.05, 0) is 30.2 Å². The maximum Gasteiger partial charge on any atom is 0.253 e. The second kappa shape index (κ2) is 8.33. The average molecular weight is 385 g/mol. The molecule has 2 amide bonds. The van der Waals surface area contributed by atoms with Crippen LogP contribution in [0, 0.1) is 0 Å². The molecular formula is C20H27N5O3. The number of hydrogen-bond donors (Lipinski definition) is 1. The Morgan fingerprint density at radius 1 is 1.32 bits per heavy atom. The predicted molar refractivity (Wildman–Crippen MR) is 107 cm³/mol. The third-order valence-corrected chi connectivity index (χ3v) is 5.10. The molecule has 150 valence electrons. The van der Waals surface area contributed by atoms with Crippen LogP contribution in [-0.4, -0.2) is 79.2 Å². The molecule has 1 atom stereocenters. The van der Waals surface area contributed by atoms with Crippen LogP contribution < -0.4 is 9.64 Å². The smallest absolute Gasteiger partial charge is 0.253 e. The summed E-state index contributed by atoms with van der Waals surface area (Å²) in [5, 5.41) is 6.70. The number of nitrogens with one attached hydrogen (secondary N) is 1. The molecule has 0 aliphatic carbocycles. The van der Waals surface area contributed by atoms with Gasteiger partial charge in [0.15, 0.2) is 0 Å². The van der Waals surface area contributed by atoms with Gasteiger partial charge in [0, 0.05) is 46.5 Å². The lowest BCUT2D eigenvalue weighted by Gasteiger charge is -2.36. The second-order valence-corrected chi connectivity index (χ2v) is 7.33. The van der Waals surface area contributed by atoms with Crippen molar-refractivity contribution in [2.24, 2.45) is 0 Å². The number of H-pyrrole nitrogens is 1. The first-order valence-electron chi connectivity index (χ1n) is 9.29. The van der Waals surface area contributed by atoms with Crippen LogP contribution in [0.25, 0.3) is 0 Å². The summed E-state index contributed by atoms with van der Waals surface area (Å²) in [6, 6.07) is 5.33. The molecule has 1 aromatic carbocycles. The maximum absolute atomic E-state index is 12.7. The molecule has 1 aliphatic rings. The second-order valence-electron chi connectivity index (χ2n) is 7.33. The minimum absolute atomic E-state index is 0.0617.